The number of hydrogen-bond donors (Lipinski definition) is 1. The summed E-state index contributed by atoms with van der Waals surface area (Å²) >= 11 is 0. The quantitative estimate of drug-likeness (QED) is 0.558. The van der Waals surface area contributed by atoms with Crippen molar-refractivity contribution >= 4 is 5.97 Å². The number of hydrogen-bond acceptors (Lipinski definition) is 4. The summed E-state index contributed by atoms with van der Waals surface area (Å²) in [7, 11) is 1.38. The third kappa shape index (κ3) is 2.58. The molecule has 1 aliphatic heterocycles. The number of esters is 1. The molecule has 1 N–H and O–H groups in total. The zero-order valence-electron chi connectivity index (χ0n) is 10.8. The van der Waals surface area contributed by atoms with Crippen molar-refractivity contribution in [2.45, 2.75) is 31.8 Å². The van der Waals surface area contributed by atoms with E-state index in [-0.39, 0.29) is 11.9 Å². The van der Waals surface area contributed by atoms with Gasteiger partial charge in [-0.1, -0.05) is 11.8 Å². The van der Waals surface area contributed by atoms with E-state index in [4.69, 9.17) is 4.74 Å². The van der Waals surface area contributed by atoms with Crippen LogP contribution in [0.1, 0.15) is 26.2 Å². The number of allylic oxidation sites excluding steroid dienone is 1. The van der Waals surface area contributed by atoms with E-state index in [0.29, 0.717) is 32.5 Å². The standard InChI is InChI=1S/C14H18O4/c1-10-11(9-12(10)13(15)17-2)3-4-14(16)5-7-18-8-6-14/h11,16H,5-9H2,1-2H3. The molecule has 0 bridgehead atoms. The molecule has 1 saturated heterocycles. The average Bonchev–Trinajstić information content (AvgIpc) is 2.37. The van der Waals surface area contributed by atoms with E-state index in [1.165, 1.54) is 7.11 Å². The third-order valence-corrected chi connectivity index (χ3v) is 3.64. The Morgan fingerprint density at radius 1 is 1.50 bits per heavy atom. The van der Waals surface area contributed by atoms with Gasteiger partial charge in [0.2, 0.25) is 0 Å². The van der Waals surface area contributed by atoms with Crippen molar-refractivity contribution in [2.75, 3.05) is 20.3 Å². The summed E-state index contributed by atoms with van der Waals surface area (Å²) in [5, 5.41) is 10.2. The van der Waals surface area contributed by atoms with Crippen LogP contribution in [0.2, 0.25) is 0 Å². The number of carbonyl (C=O) groups is 1. The van der Waals surface area contributed by atoms with Gasteiger partial charge in [-0.2, -0.15) is 0 Å². The average molecular weight is 250 g/mol. The molecular weight excluding hydrogens is 232 g/mol. The predicted octanol–water partition coefficient (Wildman–Crippen LogP) is 1.04. The van der Waals surface area contributed by atoms with Gasteiger partial charge >= 0.3 is 5.97 Å². The van der Waals surface area contributed by atoms with Gasteiger partial charge in [0.15, 0.2) is 0 Å². The zero-order chi connectivity index (χ0) is 13.2. The Morgan fingerprint density at radius 3 is 2.72 bits per heavy atom. The molecule has 2 aliphatic rings. The van der Waals surface area contributed by atoms with E-state index in [0.717, 1.165) is 11.1 Å². The summed E-state index contributed by atoms with van der Waals surface area (Å²) in [4.78, 5) is 11.3. The van der Waals surface area contributed by atoms with Gasteiger partial charge < -0.3 is 14.6 Å². The topological polar surface area (TPSA) is 55.8 Å². The lowest BCUT2D eigenvalue weighted by Gasteiger charge is -2.29. The second-order valence-corrected chi connectivity index (χ2v) is 4.82. The fourth-order valence-electron chi connectivity index (χ4n) is 2.18. The summed E-state index contributed by atoms with van der Waals surface area (Å²) in [6.45, 7) is 3.00. The highest BCUT2D eigenvalue weighted by molar-refractivity contribution is 5.91. The van der Waals surface area contributed by atoms with E-state index in [2.05, 4.69) is 16.6 Å². The first-order chi connectivity index (χ1) is 8.56. The first kappa shape index (κ1) is 13.1. The first-order valence-corrected chi connectivity index (χ1v) is 6.16. The molecule has 1 atom stereocenters. The van der Waals surface area contributed by atoms with E-state index in [9.17, 15) is 9.90 Å². The molecular formula is C14H18O4. The van der Waals surface area contributed by atoms with Gasteiger partial charge in [-0.25, -0.2) is 4.79 Å². The van der Waals surface area contributed by atoms with Crippen molar-refractivity contribution in [2.24, 2.45) is 5.92 Å². The number of rotatable bonds is 1. The van der Waals surface area contributed by atoms with Crippen LogP contribution < -0.4 is 0 Å². The molecule has 0 amide bonds. The van der Waals surface area contributed by atoms with Crippen molar-refractivity contribution in [1.29, 1.82) is 0 Å². The zero-order valence-corrected chi connectivity index (χ0v) is 10.8. The molecule has 0 aromatic carbocycles. The largest absolute Gasteiger partial charge is 0.466 e. The van der Waals surface area contributed by atoms with Crippen LogP contribution in [0.15, 0.2) is 11.1 Å². The van der Waals surface area contributed by atoms with Crippen molar-refractivity contribution in [3.05, 3.63) is 11.1 Å². The molecule has 0 saturated carbocycles. The first-order valence-electron chi connectivity index (χ1n) is 6.16. The van der Waals surface area contributed by atoms with Gasteiger partial charge in [0.25, 0.3) is 0 Å². The highest BCUT2D eigenvalue weighted by atomic mass is 16.5. The molecule has 18 heavy (non-hydrogen) atoms. The van der Waals surface area contributed by atoms with Gasteiger partial charge in [-0.3, -0.25) is 0 Å². The smallest absolute Gasteiger partial charge is 0.333 e. The van der Waals surface area contributed by atoms with Crippen LogP contribution >= 0.6 is 0 Å². The molecule has 4 nitrogen and oxygen atoms in total. The molecule has 0 aromatic rings. The fraction of sp³-hybridized carbons (Fsp3) is 0.643. The van der Waals surface area contributed by atoms with Gasteiger partial charge in [0.05, 0.1) is 20.3 Å². The molecule has 1 fully saturated rings. The lowest BCUT2D eigenvalue weighted by Crippen LogP contribution is -2.34. The maximum atomic E-state index is 11.3. The second kappa shape index (κ2) is 5.13. The normalized spacial score (nSPS) is 25.8. The van der Waals surface area contributed by atoms with E-state index < -0.39 is 5.60 Å². The van der Waals surface area contributed by atoms with Crippen molar-refractivity contribution in [3.8, 4) is 11.8 Å². The Bertz CT molecular complexity index is 432. The lowest BCUT2D eigenvalue weighted by atomic mass is 9.78. The minimum absolute atomic E-state index is 0.0750. The Kier molecular flexibility index (Phi) is 3.74. The van der Waals surface area contributed by atoms with Crippen LogP contribution in [0.25, 0.3) is 0 Å². The summed E-state index contributed by atoms with van der Waals surface area (Å²) in [5.74, 6) is 5.82. The molecule has 0 radical (unpaired) electrons. The Morgan fingerprint density at radius 2 is 2.17 bits per heavy atom. The van der Waals surface area contributed by atoms with Gasteiger partial charge in [-0.05, 0) is 18.9 Å². The Labute approximate surface area is 107 Å². The molecule has 4 heteroatoms. The van der Waals surface area contributed by atoms with Crippen LogP contribution in [-0.2, 0) is 14.3 Å². The minimum atomic E-state index is -0.917. The maximum Gasteiger partial charge on any atom is 0.333 e. The maximum absolute atomic E-state index is 11.3. The summed E-state index contributed by atoms with van der Waals surface area (Å²) in [6.07, 6.45) is 1.73. The van der Waals surface area contributed by atoms with E-state index >= 15 is 0 Å². The van der Waals surface area contributed by atoms with Crippen LogP contribution in [0.5, 0.6) is 0 Å². The second-order valence-electron chi connectivity index (χ2n) is 4.82. The molecule has 2 rings (SSSR count). The van der Waals surface area contributed by atoms with Crippen molar-refractivity contribution in [1.82, 2.24) is 0 Å². The highest BCUT2D eigenvalue weighted by Gasteiger charge is 2.32. The summed E-state index contributed by atoms with van der Waals surface area (Å²) < 4.78 is 9.87. The van der Waals surface area contributed by atoms with Gasteiger partial charge in [0.1, 0.15) is 5.60 Å². The van der Waals surface area contributed by atoms with Crippen LogP contribution in [0.4, 0.5) is 0 Å². The Balaban J connectivity index is 2.01. The summed E-state index contributed by atoms with van der Waals surface area (Å²) in [6, 6.07) is 0. The van der Waals surface area contributed by atoms with Crippen LogP contribution in [0.3, 0.4) is 0 Å². The van der Waals surface area contributed by atoms with Crippen molar-refractivity contribution < 1.29 is 19.4 Å². The predicted molar refractivity (Wildman–Crippen MR) is 65.6 cm³/mol. The number of ether oxygens (including phenoxy) is 2. The minimum Gasteiger partial charge on any atom is -0.466 e. The molecule has 1 unspecified atom stereocenters. The van der Waals surface area contributed by atoms with Crippen LogP contribution in [0, 0.1) is 17.8 Å². The molecule has 0 aromatic heterocycles. The van der Waals surface area contributed by atoms with Crippen molar-refractivity contribution in [3.63, 3.8) is 0 Å². The molecule has 1 heterocycles. The summed E-state index contributed by atoms with van der Waals surface area (Å²) in [5.41, 5.74) is 0.764. The molecule has 98 valence electrons. The highest BCUT2D eigenvalue weighted by Crippen LogP contribution is 2.34. The van der Waals surface area contributed by atoms with E-state index in [1.54, 1.807) is 0 Å². The number of aliphatic hydroxyl groups is 1. The van der Waals surface area contributed by atoms with Gasteiger partial charge in [-0.15, -0.1) is 0 Å². The van der Waals surface area contributed by atoms with Gasteiger partial charge in [0, 0.05) is 24.3 Å². The lowest BCUT2D eigenvalue weighted by molar-refractivity contribution is -0.136. The SMILES string of the molecule is COC(=O)C1=C(C)C(C#CC2(O)CCOCC2)C1. The monoisotopic (exact) mass is 250 g/mol. The number of methoxy groups -OCH3 is 1. The third-order valence-electron chi connectivity index (χ3n) is 3.64. The number of carbonyl (C=O) groups excluding carboxylic acids is 1. The van der Waals surface area contributed by atoms with Crippen LogP contribution in [-0.4, -0.2) is 37.0 Å². The fourth-order valence-corrected chi connectivity index (χ4v) is 2.18. The van der Waals surface area contributed by atoms with E-state index in [1.807, 2.05) is 6.92 Å². The molecule has 0 spiro atoms. The Hall–Kier alpha value is -1.31. The molecule has 1 aliphatic carbocycles.